The number of fused-ring (bicyclic) bond motifs is 3. The Morgan fingerprint density at radius 1 is 0.548 bits per heavy atom. The van der Waals surface area contributed by atoms with Crippen LogP contribution in [0.2, 0.25) is 0 Å². The number of benzene rings is 2. The van der Waals surface area contributed by atoms with Gasteiger partial charge in [0.1, 0.15) is 0 Å². The fourth-order valence-electron chi connectivity index (χ4n) is 5.40. The van der Waals surface area contributed by atoms with E-state index in [4.69, 9.17) is 0 Å². The molecule has 31 heavy (non-hydrogen) atoms. The molecular weight excluding hydrogens is 372 g/mol. The standard InChI is InChI=1S/C31H46/c1-3-5-7-9-11-13-15-19-26-23-24-30-29-22-18-17-20-27(29)25-31(30)28(26)21-16-14-12-10-8-6-4-2/h17-18,20,22-24H,3-16,19,21,25H2,1-2H3. The van der Waals surface area contributed by atoms with Crippen LogP contribution in [-0.4, -0.2) is 0 Å². The highest BCUT2D eigenvalue weighted by Gasteiger charge is 2.22. The van der Waals surface area contributed by atoms with Gasteiger partial charge in [-0.15, -0.1) is 0 Å². The van der Waals surface area contributed by atoms with Gasteiger partial charge in [-0.25, -0.2) is 0 Å². The number of unbranched alkanes of at least 4 members (excludes halogenated alkanes) is 12. The van der Waals surface area contributed by atoms with Crippen molar-refractivity contribution in [3.8, 4) is 11.1 Å². The Labute approximate surface area is 192 Å². The molecular formula is C31H46. The molecule has 0 aliphatic heterocycles. The second kappa shape index (κ2) is 13.8. The SMILES string of the molecule is CCCCCCCCCc1ccc2c(c1CCCCCCCCC)Cc1ccccc1-2. The fraction of sp³-hybridized carbons (Fsp3) is 0.613. The summed E-state index contributed by atoms with van der Waals surface area (Å²) in [6, 6.07) is 14.0. The van der Waals surface area contributed by atoms with E-state index in [1.165, 1.54) is 119 Å². The smallest absolute Gasteiger partial charge is 0.00106 e. The minimum Gasteiger partial charge on any atom is -0.0654 e. The summed E-state index contributed by atoms with van der Waals surface area (Å²) in [7, 11) is 0. The lowest BCUT2D eigenvalue weighted by Crippen LogP contribution is -2.01. The molecule has 2 aromatic rings. The largest absolute Gasteiger partial charge is 0.0654 e. The number of hydrogen-bond acceptors (Lipinski definition) is 0. The van der Waals surface area contributed by atoms with Crippen molar-refractivity contribution in [2.24, 2.45) is 0 Å². The fourth-order valence-corrected chi connectivity index (χ4v) is 5.40. The average Bonchev–Trinajstić information content (AvgIpc) is 3.17. The van der Waals surface area contributed by atoms with Crippen molar-refractivity contribution >= 4 is 0 Å². The van der Waals surface area contributed by atoms with E-state index in [1.807, 2.05) is 0 Å². The Hall–Kier alpha value is -1.56. The Morgan fingerprint density at radius 2 is 1.13 bits per heavy atom. The van der Waals surface area contributed by atoms with E-state index in [9.17, 15) is 0 Å². The normalized spacial score (nSPS) is 12.2. The second-order valence-corrected chi connectivity index (χ2v) is 9.81. The molecule has 0 aromatic heterocycles. The molecule has 0 amide bonds. The highest BCUT2D eigenvalue weighted by Crippen LogP contribution is 2.40. The van der Waals surface area contributed by atoms with E-state index in [2.05, 4.69) is 50.2 Å². The number of aryl methyl sites for hydroxylation is 1. The Balaban J connectivity index is 1.59. The molecule has 1 aliphatic rings. The summed E-state index contributed by atoms with van der Waals surface area (Å²) in [6.07, 6.45) is 23.3. The van der Waals surface area contributed by atoms with Gasteiger partial charge in [-0.2, -0.15) is 0 Å². The zero-order valence-corrected chi connectivity index (χ0v) is 20.5. The molecule has 0 unspecified atom stereocenters. The molecule has 0 N–H and O–H groups in total. The molecule has 3 rings (SSSR count). The molecule has 1 aliphatic carbocycles. The Morgan fingerprint density at radius 3 is 1.81 bits per heavy atom. The Bertz CT molecular complexity index is 770. The molecule has 0 bridgehead atoms. The van der Waals surface area contributed by atoms with Gasteiger partial charge in [0.15, 0.2) is 0 Å². The molecule has 0 heterocycles. The van der Waals surface area contributed by atoms with Crippen LogP contribution in [0.1, 0.15) is 126 Å². The second-order valence-electron chi connectivity index (χ2n) is 9.81. The number of hydrogen-bond donors (Lipinski definition) is 0. The van der Waals surface area contributed by atoms with Crippen LogP contribution in [0, 0.1) is 0 Å². The third-order valence-electron chi connectivity index (χ3n) is 7.28. The molecule has 0 fully saturated rings. The number of rotatable bonds is 16. The molecule has 2 aromatic carbocycles. The van der Waals surface area contributed by atoms with Crippen molar-refractivity contribution in [2.75, 3.05) is 0 Å². The lowest BCUT2D eigenvalue weighted by molar-refractivity contribution is 0.582. The van der Waals surface area contributed by atoms with Crippen molar-refractivity contribution in [3.05, 3.63) is 58.7 Å². The molecule has 0 nitrogen and oxygen atoms in total. The van der Waals surface area contributed by atoms with Gasteiger partial charge in [-0.3, -0.25) is 0 Å². The lowest BCUT2D eigenvalue weighted by Gasteiger charge is -2.15. The zero-order chi connectivity index (χ0) is 21.7. The Kier molecular flexibility index (Phi) is 10.7. The van der Waals surface area contributed by atoms with Gasteiger partial charge in [0.2, 0.25) is 0 Å². The van der Waals surface area contributed by atoms with Crippen LogP contribution < -0.4 is 0 Å². The molecule has 0 heteroatoms. The van der Waals surface area contributed by atoms with Crippen LogP contribution in [0.25, 0.3) is 11.1 Å². The highest BCUT2D eigenvalue weighted by atomic mass is 14.3. The highest BCUT2D eigenvalue weighted by molar-refractivity contribution is 5.78. The summed E-state index contributed by atoms with van der Waals surface area (Å²) in [6.45, 7) is 4.61. The van der Waals surface area contributed by atoms with Gasteiger partial charge in [-0.05, 0) is 65.5 Å². The third-order valence-corrected chi connectivity index (χ3v) is 7.28. The van der Waals surface area contributed by atoms with Crippen molar-refractivity contribution in [2.45, 2.75) is 123 Å². The van der Waals surface area contributed by atoms with Gasteiger partial charge < -0.3 is 0 Å². The van der Waals surface area contributed by atoms with Crippen molar-refractivity contribution in [1.29, 1.82) is 0 Å². The first-order valence-corrected chi connectivity index (χ1v) is 13.6. The van der Waals surface area contributed by atoms with Crippen LogP contribution >= 0.6 is 0 Å². The average molecular weight is 419 g/mol. The lowest BCUT2D eigenvalue weighted by atomic mass is 9.89. The van der Waals surface area contributed by atoms with Crippen LogP contribution in [0.4, 0.5) is 0 Å². The first-order chi connectivity index (χ1) is 15.3. The molecule has 0 saturated carbocycles. The van der Waals surface area contributed by atoms with Crippen LogP contribution in [0.15, 0.2) is 36.4 Å². The third kappa shape index (κ3) is 7.23. The van der Waals surface area contributed by atoms with E-state index >= 15 is 0 Å². The van der Waals surface area contributed by atoms with E-state index < -0.39 is 0 Å². The van der Waals surface area contributed by atoms with Crippen LogP contribution in [0.5, 0.6) is 0 Å². The van der Waals surface area contributed by atoms with Crippen molar-refractivity contribution in [1.82, 2.24) is 0 Å². The van der Waals surface area contributed by atoms with Gasteiger partial charge >= 0.3 is 0 Å². The molecule has 0 saturated heterocycles. The van der Waals surface area contributed by atoms with Gasteiger partial charge in [0, 0.05) is 0 Å². The molecule has 170 valence electrons. The summed E-state index contributed by atoms with van der Waals surface area (Å²) in [5, 5.41) is 0. The quantitative estimate of drug-likeness (QED) is 0.203. The van der Waals surface area contributed by atoms with Crippen LogP contribution in [-0.2, 0) is 19.3 Å². The minimum atomic E-state index is 1.15. The van der Waals surface area contributed by atoms with Crippen LogP contribution in [0.3, 0.4) is 0 Å². The minimum absolute atomic E-state index is 1.15. The van der Waals surface area contributed by atoms with Crippen molar-refractivity contribution < 1.29 is 0 Å². The van der Waals surface area contributed by atoms with Gasteiger partial charge in [0.25, 0.3) is 0 Å². The zero-order valence-electron chi connectivity index (χ0n) is 20.5. The first-order valence-electron chi connectivity index (χ1n) is 13.6. The maximum Gasteiger partial charge on any atom is -0.00106 e. The van der Waals surface area contributed by atoms with E-state index in [1.54, 1.807) is 16.7 Å². The molecule has 0 atom stereocenters. The predicted octanol–water partition coefficient (Wildman–Crippen LogP) is 9.84. The van der Waals surface area contributed by atoms with E-state index in [-0.39, 0.29) is 0 Å². The predicted molar refractivity (Wildman–Crippen MR) is 138 cm³/mol. The summed E-state index contributed by atoms with van der Waals surface area (Å²) in [5.41, 5.74) is 9.58. The van der Waals surface area contributed by atoms with Gasteiger partial charge in [0.05, 0.1) is 0 Å². The first kappa shape index (κ1) is 24.1. The summed E-state index contributed by atoms with van der Waals surface area (Å²) >= 11 is 0. The van der Waals surface area contributed by atoms with Crippen molar-refractivity contribution in [3.63, 3.8) is 0 Å². The van der Waals surface area contributed by atoms with Gasteiger partial charge in [-0.1, -0.05) is 127 Å². The summed E-state index contributed by atoms with van der Waals surface area (Å²) in [5.74, 6) is 0. The topological polar surface area (TPSA) is 0 Å². The summed E-state index contributed by atoms with van der Waals surface area (Å²) < 4.78 is 0. The monoisotopic (exact) mass is 418 g/mol. The van der Waals surface area contributed by atoms with E-state index in [0.29, 0.717) is 0 Å². The van der Waals surface area contributed by atoms with E-state index in [0.717, 1.165) is 6.42 Å². The maximum atomic E-state index is 2.48. The molecule has 0 radical (unpaired) electrons. The summed E-state index contributed by atoms with van der Waals surface area (Å²) in [4.78, 5) is 0. The molecule has 0 spiro atoms. The maximum absolute atomic E-state index is 2.48.